The first-order chi connectivity index (χ1) is 10.6. The van der Waals surface area contributed by atoms with Crippen molar-refractivity contribution in [2.45, 2.75) is 13.5 Å². The zero-order valence-corrected chi connectivity index (χ0v) is 12.5. The number of nitrogen functional groups attached to an aromatic ring is 1. The summed E-state index contributed by atoms with van der Waals surface area (Å²) in [6.07, 6.45) is 0. The molecule has 7 nitrogen and oxygen atoms in total. The summed E-state index contributed by atoms with van der Waals surface area (Å²) in [5, 5.41) is 12.9. The van der Waals surface area contributed by atoms with E-state index in [1.807, 2.05) is 25.1 Å². The summed E-state index contributed by atoms with van der Waals surface area (Å²) in [7, 11) is 0. The topological polar surface area (TPSA) is 105 Å². The maximum atomic E-state index is 9.11. The Hall–Kier alpha value is -2.85. The van der Waals surface area contributed by atoms with E-state index in [2.05, 4.69) is 20.3 Å². The van der Waals surface area contributed by atoms with E-state index in [1.165, 1.54) is 0 Å². The molecule has 1 aromatic carbocycles. The third kappa shape index (κ3) is 2.40. The Balaban J connectivity index is 2.15. The van der Waals surface area contributed by atoms with Crippen LogP contribution in [-0.2, 0) is 6.54 Å². The first kappa shape index (κ1) is 14.1. The van der Waals surface area contributed by atoms with E-state index >= 15 is 0 Å². The largest absolute Gasteiger partial charge is 0.369 e. The Kier molecular flexibility index (Phi) is 3.53. The van der Waals surface area contributed by atoms with Gasteiger partial charge in [0.15, 0.2) is 17.0 Å². The monoisotopic (exact) mass is 313 g/mol. The van der Waals surface area contributed by atoms with Crippen LogP contribution >= 0.6 is 11.6 Å². The second kappa shape index (κ2) is 5.50. The summed E-state index contributed by atoms with van der Waals surface area (Å²) < 4.78 is 1.73. The molecular weight excluding hydrogens is 302 g/mol. The van der Waals surface area contributed by atoms with Gasteiger partial charge in [0.25, 0.3) is 0 Å². The molecule has 0 aliphatic carbocycles. The number of benzene rings is 1. The van der Waals surface area contributed by atoms with Gasteiger partial charge in [0, 0.05) is 17.3 Å². The molecule has 22 heavy (non-hydrogen) atoms. The fourth-order valence-electron chi connectivity index (χ4n) is 2.14. The highest BCUT2D eigenvalue weighted by molar-refractivity contribution is 6.30. The first-order valence-corrected chi connectivity index (χ1v) is 6.96. The minimum absolute atomic E-state index is 0.0542. The SMILES string of the molecule is CCn1c(N)nc2c(Nc3ccc(Cl)cc3)nc(C#N)nc21. The molecule has 8 heteroatoms. The van der Waals surface area contributed by atoms with E-state index in [-0.39, 0.29) is 5.82 Å². The molecule has 3 rings (SSSR count). The lowest BCUT2D eigenvalue weighted by atomic mass is 10.3. The van der Waals surface area contributed by atoms with E-state index in [0.29, 0.717) is 34.5 Å². The number of fused-ring (bicyclic) bond motifs is 1. The lowest BCUT2D eigenvalue weighted by molar-refractivity contribution is 0.789. The Morgan fingerprint density at radius 2 is 2.00 bits per heavy atom. The summed E-state index contributed by atoms with van der Waals surface area (Å²) >= 11 is 5.87. The number of nitrogens with zero attached hydrogens (tertiary/aromatic N) is 5. The van der Waals surface area contributed by atoms with Crippen molar-refractivity contribution in [1.29, 1.82) is 5.26 Å². The number of imidazole rings is 1. The molecule has 0 saturated heterocycles. The van der Waals surface area contributed by atoms with Gasteiger partial charge in [-0.3, -0.25) is 4.57 Å². The minimum Gasteiger partial charge on any atom is -0.369 e. The zero-order chi connectivity index (χ0) is 15.7. The lowest BCUT2D eigenvalue weighted by Crippen LogP contribution is -2.03. The summed E-state index contributed by atoms with van der Waals surface area (Å²) in [6.45, 7) is 2.53. The molecule has 0 aliphatic rings. The van der Waals surface area contributed by atoms with Crippen molar-refractivity contribution in [3.05, 3.63) is 35.1 Å². The van der Waals surface area contributed by atoms with Crippen LogP contribution in [0.3, 0.4) is 0 Å². The van der Waals surface area contributed by atoms with Crippen LogP contribution in [0.1, 0.15) is 12.7 Å². The zero-order valence-electron chi connectivity index (χ0n) is 11.7. The molecule has 0 fully saturated rings. The van der Waals surface area contributed by atoms with Crippen molar-refractivity contribution in [3.63, 3.8) is 0 Å². The molecule has 2 heterocycles. The average Bonchev–Trinajstić information content (AvgIpc) is 2.85. The molecule has 0 aliphatic heterocycles. The van der Waals surface area contributed by atoms with Crippen molar-refractivity contribution >= 4 is 40.2 Å². The van der Waals surface area contributed by atoms with Gasteiger partial charge in [0.05, 0.1) is 0 Å². The Morgan fingerprint density at radius 3 is 2.64 bits per heavy atom. The summed E-state index contributed by atoms with van der Waals surface area (Å²) in [5.41, 5.74) is 7.72. The van der Waals surface area contributed by atoms with Gasteiger partial charge >= 0.3 is 0 Å². The van der Waals surface area contributed by atoms with Gasteiger partial charge < -0.3 is 11.1 Å². The first-order valence-electron chi connectivity index (χ1n) is 6.58. The van der Waals surface area contributed by atoms with E-state index in [4.69, 9.17) is 22.6 Å². The highest BCUT2D eigenvalue weighted by atomic mass is 35.5. The second-order valence-electron chi connectivity index (χ2n) is 4.53. The predicted molar refractivity (Wildman–Crippen MR) is 84.9 cm³/mol. The molecule has 3 N–H and O–H groups in total. The van der Waals surface area contributed by atoms with Crippen LogP contribution in [0.2, 0.25) is 5.02 Å². The van der Waals surface area contributed by atoms with Crippen molar-refractivity contribution in [2.75, 3.05) is 11.1 Å². The van der Waals surface area contributed by atoms with Crippen molar-refractivity contribution < 1.29 is 0 Å². The highest BCUT2D eigenvalue weighted by Crippen LogP contribution is 2.25. The number of rotatable bonds is 3. The third-order valence-electron chi connectivity index (χ3n) is 3.15. The number of nitrogens with two attached hydrogens (primary N) is 1. The predicted octanol–water partition coefficient (Wildman–Crippen LogP) is 2.70. The number of aryl methyl sites for hydroxylation is 1. The van der Waals surface area contributed by atoms with Gasteiger partial charge in [-0.25, -0.2) is 4.98 Å². The molecule has 0 unspecified atom stereocenters. The van der Waals surface area contributed by atoms with Crippen LogP contribution in [0.25, 0.3) is 11.2 Å². The molecule has 0 saturated carbocycles. The molecule has 0 spiro atoms. The van der Waals surface area contributed by atoms with E-state index < -0.39 is 0 Å². The maximum Gasteiger partial charge on any atom is 0.236 e. The molecule has 0 radical (unpaired) electrons. The van der Waals surface area contributed by atoms with Crippen LogP contribution in [0.15, 0.2) is 24.3 Å². The Labute approximate surface area is 131 Å². The van der Waals surface area contributed by atoms with Gasteiger partial charge in [-0.2, -0.15) is 15.2 Å². The van der Waals surface area contributed by atoms with Gasteiger partial charge in [-0.15, -0.1) is 0 Å². The van der Waals surface area contributed by atoms with Crippen LogP contribution in [-0.4, -0.2) is 19.5 Å². The number of aromatic nitrogens is 4. The van der Waals surface area contributed by atoms with E-state index in [0.717, 1.165) is 5.69 Å². The van der Waals surface area contributed by atoms with E-state index in [9.17, 15) is 0 Å². The molecule has 110 valence electrons. The number of nitrogens with one attached hydrogen (secondary N) is 1. The normalized spacial score (nSPS) is 10.6. The molecule has 0 bridgehead atoms. The van der Waals surface area contributed by atoms with Gasteiger partial charge in [-0.05, 0) is 31.2 Å². The van der Waals surface area contributed by atoms with Crippen LogP contribution in [0, 0.1) is 11.3 Å². The van der Waals surface area contributed by atoms with Crippen LogP contribution in [0.5, 0.6) is 0 Å². The quantitative estimate of drug-likeness (QED) is 0.770. The minimum atomic E-state index is 0.0542. The highest BCUT2D eigenvalue weighted by Gasteiger charge is 2.16. The van der Waals surface area contributed by atoms with Crippen LogP contribution < -0.4 is 11.1 Å². The molecular formula is C14H12ClN7. The average molecular weight is 314 g/mol. The van der Waals surface area contributed by atoms with Crippen molar-refractivity contribution in [1.82, 2.24) is 19.5 Å². The van der Waals surface area contributed by atoms with Gasteiger partial charge in [0.1, 0.15) is 6.07 Å². The molecule has 2 aromatic heterocycles. The number of halogens is 1. The molecule has 0 amide bonds. The smallest absolute Gasteiger partial charge is 0.236 e. The fourth-order valence-corrected chi connectivity index (χ4v) is 2.26. The third-order valence-corrected chi connectivity index (χ3v) is 3.40. The molecule has 3 aromatic rings. The number of hydrogen-bond acceptors (Lipinski definition) is 6. The molecule has 0 atom stereocenters. The lowest BCUT2D eigenvalue weighted by Gasteiger charge is -2.07. The van der Waals surface area contributed by atoms with E-state index in [1.54, 1.807) is 16.7 Å². The van der Waals surface area contributed by atoms with Crippen LogP contribution in [0.4, 0.5) is 17.5 Å². The standard InChI is InChI=1S/C14H12ClN7/c1-2-22-13-11(21-14(22)17)12(19-10(7-16)20-13)18-9-5-3-8(15)4-6-9/h3-6H,2H2,1H3,(H2,17,21)(H,18,19,20). The van der Waals surface area contributed by atoms with Gasteiger partial charge in [0.2, 0.25) is 11.8 Å². The van der Waals surface area contributed by atoms with Crippen molar-refractivity contribution in [3.8, 4) is 6.07 Å². The Morgan fingerprint density at radius 1 is 1.27 bits per heavy atom. The fraction of sp³-hybridized carbons (Fsp3) is 0.143. The van der Waals surface area contributed by atoms with Gasteiger partial charge in [-0.1, -0.05) is 11.6 Å². The summed E-state index contributed by atoms with van der Waals surface area (Å²) in [5.74, 6) is 0.822. The number of nitriles is 1. The van der Waals surface area contributed by atoms with Crippen molar-refractivity contribution in [2.24, 2.45) is 0 Å². The summed E-state index contributed by atoms with van der Waals surface area (Å²) in [4.78, 5) is 12.7. The second-order valence-corrected chi connectivity index (χ2v) is 4.96. The number of anilines is 3. The summed E-state index contributed by atoms with van der Waals surface area (Å²) in [6, 6.07) is 9.08. The number of hydrogen-bond donors (Lipinski definition) is 2. The maximum absolute atomic E-state index is 9.11. The Bertz CT molecular complexity index is 877.